The van der Waals surface area contributed by atoms with Crippen LogP contribution in [0.15, 0.2) is 24.2 Å². The van der Waals surface area contributed by atoms with E-state index in [0.717, 1.165) is 0 Å². The van der Waals surface area contributed by atoms with E-state index in [0.29, 0.717) is 10.9 Å². The molecule has 0 spiro atoms. The lowest BCUT2D eigenvalue weighted by molar-refractivity contribution is 1.87. The van der Waals surface area contributed by atoms with E-state index in [1.165, 1.54) is 0 Å². The Morgan fingerprint density at radius 1 is 1.43 bits per heavy atom. The van der Waals surface area contributed by atoms with Crippen LogP contribution in [0.25, 0.3) is 0 Å². The van der Waals surface area contributed by atoms with Gasteiger partial charge in [-0.1, -0.05) is 35.1 Å². The highest BCUT2D eigenvalue weighted by molar-refractivity contribution is 6.86. The molecule has 1 aromatic carbocycles. The summed E-state index contributed by atoms with van der Waals surface area (Å²) in [5, 5.41) is 0. The van der Waals surface area contributed by atoms with Gasteiger partial charge in [0.25, 0.3) is 0 Å². The van der Waals surface area contributed by atoms with Crippen molar-refractivity contribution in [2.75, 3.05) is 0 Å². The van der Waals surface area contributed by atoms with Gasteiger partial charge in [0.15, 0.2) is 7.24 Å². The summed E-state index contributed by atoms with van der Waals surface area (Å²) in [6.45, 7) is 0. The van der Waals surface area contributed by atoms with Crippen LogP contribution in [0.3, 0.4) is 0 Å². The van der Waals surface area contributed by atoms with Crippen LogP contribution in [0, 0.1) is 0 Å². The standard InChI is InChI=1S/C6H5B/c1-2-4-6-5(3-1)7-6/h1-4,7H/i1D,2D,3D,4D,7D. The van der Waals surface area contributed by atoms with Gasteiger partial charge in [0.05, 0.1) is 5.48 Å². The second-order valence-corrected chi connectivity index (χ2v) is 1.47. The minimum absolute atomic E-state index is 0.0500. The predicted molar refractivity (Wildman–Crippen MR) is 32.9 cm³/mol. The molecule has 2 rings (SSSR count). The molecule has 1 aliphatic rings. The number of fused-ring (bicyclic) bond motifs is 1. The van der Waals surface area contributed by atoms with Crippen molar-refractivity contribution in [3.63, 3.8) is 0 Å². The maximum Gasteiger partial charge on any atom is 0.190 e. The van der Waals surface area contributed by atoms with Gasteiger partial charge in [-0.3, -0.25) is 0 Å². The van der Waals surface area contributed by atoms with Crippen molar-refractivity contribution < 1.29 is 5.48 Å². The summed E-state index contributed by atoms with van der Waals surface area (Å²) in [7, 11) is -0.617. The van der Waals surface area contributed by atoms with E-state index in [9.17, 15) is 0 Å². The van der Waals surface area contributed by atoms with Crippen LogP contribution in [0.5, 0.6) is 0 Å². The van der Waals surface area contributed by atoms with Crippen molar-refractivity contribution in [1.29, 1.82) is 1.34 Å². The van der Waals surface area contributed by atoms with Crippen molar-refractivity contribution in [2.24, 2.45) is 0 Å². The molecule has 0 fully saturated rings. The van der Waals surface area contributed by atoms with Gasteiger partial charge in [0.2, 0.25) is 0 Å². The molecule has 0 N–H and O–H groups in total. The van der Waals surface area contributed by atoms with Gasteiger partial charge in [-0.2, -0.15) is 0 Å². The molecule has 1 aliphatic heterocycles. The van der Waals surface area contributed by atoms with Crippen molar-refractivity contribution in [2.45, 2.75) is 0 Å². The Bertz CT molecular complexity index is 340. The van der Waals surface area contributed by atoms with Gasteiger partial charge in [-0.05, 0) is 1.34 Å². The van der Waals surface area contributed by atoms with E-state index < -0.39 is 7.24 Å². The molecule has 0 saturated carbocycles. The number of hydrogen-bond donors (Lipinski definition) is 0. The Balaban J connectivity index is 2.76. The minimum atomic E-state index is -0.617. The molecule has 7 heavy (non-hydrogen) atoms. The lowest BCUT2D eigenvalue weighted by Gasteiger charge is -1.70. The van der Waals surface area contributed by atoms with Crippen molar-refractivity contribution in [1.82, 2.24) is 0 Å². The Morgan fingerprint density at radius 2 is 2.00 bits per heavy atom. The lowest BCUT2D eigenvalue weighted by Crippen LogP contribution is -1.83. The summed E-state index contributed by atoms with van der Waals surface area (Å²) in [5.74, 6) is 0. The van der Waals surface area contributed by atoms with Gasteiger partial charge in [0.1, 0.15) is 0 Å². The summed E-state index contributed by atoms with van der Waals surface area (Å²) < 4.78 is 36.6. The predicted octanol–water partition coefficient (Wildman–Crippen LogP) is -0.613. The third-order valence-corrected chi connectivity index (χ3v) is 0.952. The molecule has 0 saturated heterocycles. The fraction of sp³-hybridized carbons (Fsp3) is 0. The van der Waals surface area contributed by atoms with Crippen LogP contribution in [0.2, 0.25) is 0 Å². The van der Waals surface area contributed by atoms with E-state index in [1.807, 2.05) is 0 Å². The maximum atomic E-state index is 7.35. The maximum absolute atomic E-state index is 7.35. The Kier molecular flexibility index (Phi) is 0.152. The summed E-state index contributed by atoms with van der Waals surface area (Å²) >= 11 is 0. The molecule has 0 unspecified atom stereocenters. The summed E-state index contributed by atoms with van der Waals surface area (Å²) in [6, 6.07) is -0.556. The number of hydrogen-bond acceptors (Lipinski definition) is 0. The molecule has 32 valence electrons. The molecule has 0 aromatic heterocycles. The van der Waals surface area contributed by atoms with Gasteiger partial charge < -0.3 is 0 Å². The van der Waals surface area contributed by atoms with E-state index >= 15 is 0 Å². The Labute approximate surface area is 50.4 Å². The minimum Gasteiger partial charge on any atom is -0.0839 e. The molecule has 0 radical (unpaired) electrons. The van der Waals surface area contributed by atoms with E-state index in [4.69, 9.17) is 6.82 Å². The van der Waals surface area contributed by atoms with Crippen molar-refractivity contribution in [3.05, 3.63) is 24.2 Å². The topological polar surface area (TPSA) is 0 Å². The average Bonchev–Trinajstić information content (AvgIpc) is 2.70. The first-order valence-corrected chi connectivity index (χ1v) is 2.08. The monoisotopic (exact) mass is 93.1 g/mol. The highest BCUT2D eigenvalue weighted by Crippen LogP contribution is 1.87. The molecule has 1 aromatic rings. The largest absolute Gasteiger partial charge is 0.190 e. The zero-order chi connectivity index (χ0) is 9.04. The van der Waals surface area contributed by atoms with Crippen molar-refractivity contribution >= 4 is 18.2 Å². The van der Waals surface area contributed by atoms with Crippen molar-refractivity contribution in [3.8, 4) is 0 Å². The zero-order valence-corrected chi connectivity index (χ0v) is 3.58. The first-order valence-electron chi connectivity index (χ1n) is 4.65. The molecule has 1 heteroatoms. The third kappa shape index (κ3) is 0.378. The molecule has 1 heterocycles. The highest BCUT2D eigenvalue weighted by atomic mass is 14.0. The number of benzene rings is 1. The van der Waals surface area contributed by atoms with Gasteiger partial charge in [0, 0.05) is 0 Å². The molecular formula is C6H5B. The third-order valence-electron chi connectivity index (χ3n) is 0.952. The zero-order valence-electron chi connectivity index (χ0n) is 8.58. The van der Waals surface area contributed by atoms with Gasteiger partial charge >= 0.3 is 0 Å². The van der Waals surface area contributed by atoms with E-state index in [1.54, 1.807) is 0 Å². The lowest BCUT2D eigenvalue weighted by atomic mass is 10.00. The van der Waals surface area contributed by atoms with Crippen LogP contribution in [0.1, 0.15) is 5.48 Å². The van der Waals surface area contributed by atoms with Gasteiger partial charge in [-0.25, -0.2) is 0 Å². The molecule has 0 bridgehead atoms. The SMILES string of the molecule is [2H]B1c2c([2H])c([2H])c([2H])c([2H])c21. The summed E-state index contributed by atoms with van der Waals surface area (Å²) in [6.07, 6.45) is 0. The molecule has 0 aliphatic carbocycles. The second-order valence-electron chi connectivity index (χ2n) is 1.47. The molecule has 0 nitrogen and oxygen atoms in total. The summed E-state index contributed by atoms with van der Waals surface area (Å²) in [4.78, 5) is 0. The fourth-order valence-corrected chi connectivity index (χ4v) is 0.512. The highest BCUT2D eigenvalue weighted by Gasteiger charge is 2.14. The van der Waals surface area contributed by atoms with E-state index in [2.05, 4.69) is 0 Å². The van der Waals surface area contributed by atoms with Crippen LogP contribution in [-0.4, -0.2) is 8.58 Å². The smallest absolute Gasteiger partial charge is 0.0839 e. The first kappa shape index (κ1) is 1.16. The second kappa shape index (κ2) is 0.917. The first-order chi connectivity index (χ1) is 5.55. The van der Waals surface area contributed by atoms with Crippen LogP contribution in [-0.2, 0) is 0 Å². The van der Waals surface area contributed by atoms with Crippen LogP contribution >= 0.6 is 0 Å². The molecular weight excluding hydrogens is 82.9 g/mol. The molecule has 0 atom stereocenters. The quantitative estimate of drug-likeness (QED) is 0.375. The number of rotatable bonds is 0. The fourth-order valence-electron chi connectivity index (χ4n) is 0.512. The van der Waals surface area contributed by atoms with Crippen LogP contribution in [0.4, 0.5) is 0 Å². The average molecular weight is 92.9 g/mol. The Morgan fingerprint density at radius 3 is 2.57 bits per heavy atom. The Hall–Kier alpha value is -0.715. The normalized spacial score (nSPS) is 23.4. The van der Waals surface area contributed by atoms with Crippen LogP contribution < -0.4 is 10.9 Å². The van der Waals surface area contributed by atoms with Gasteiger partial charge in [-0.15, -0.1) is 0 Å². The summed E-state index contributed by atoms with van der Waals surface area (Å²) in [5.41, 5.74) is 0.919. The van der Waals surface area contributed by atoms with E-state index in [-0.39, 0.29) is 24.2 Å². The molecule has 0 amide bonds.